The highest BCUT2D eigenvalue weighted by atomic mass is 19.1. The molecule has 3 heteroatoms. The maximum Gasteiger partial charge on any atom is 0.123 e. The van der Waals surface area contributed by atoms with Gasteiger partial charge in [0, 0.05) is 25.1 Å². The van der Waals surface area contributed by atoms with E-state index in [1.807, 2.05) is 6.92 Å². The zero-order valence-electron chi connectivity index (χ0n) is 9.96. The number of nitrogens with one attached hydrogen (secondary N) is 1. The van der Waals surface area contributed by atoms with Crippen molar-refractivity contribution in [3.63, 3.8) is 0 Å². The molecule has 0 saturated heterocycles. The van der Waals surface area contributed by atoms with Crippen molar-refractivity contribution in [3.05, 3.63) is 35.6 Å². The fraction of sp³-hybridized carbons (Fsp3) is 0.538. The average Bonchev–Trinajstić information content (AvgIpc) is 2.31. The summed E-state index contributed by atoms with van der Waals surface area (Å²) in [6, 6.07) is 6.46. The molecule has 0 bridgehead atoms. The lowest BCUT2D eigenvalue weighted by atomic mass is 9.88. The van der Waals surface area contributed by atoms with Crippen molar-refractivity contribution in [1.82, 2.24) is 5.32 Å². The number of rotatable bonds is 6. The van der Waals surface area contributed by atoms with Crippen molar-refractivity contribution in [3.8, 4) is 0 Å². The number of hydrogen-bond donors (Lipinski definition) is 2. The quantitative estimate of drug-likeness (QED) is 0.778. The number of hydrogen-bond acceptors (Lipinski definition) is 2. The lowest BCUT2D eigenvalue weighted by Gasteiger charge is -2.25. The van der Waals surface area contributed by atoms with Crippen molar-refractivity contribution in [2.24, 2.45) is 5.41 Å². The van der Waals surface area contributed by atoms with Gasteiger partial charge in [-0.25, -0.2) is 4.39 Å². The molecule has 0 heterocycles. The fourth-order valence-corrected chi connectivity index (χ4v) is 1.40. The first kappa shape index (κ1) is 13.1. The Morgan fingerprint density at radius 1 is 1.31 bits per heavy atom. The summed E-state index contributed by atoms with van der Waals surface area (Å²) >= 11 is 0. The van der Waals surface area contributed by atoms with Gasteiger partial charge in [-0.15, -0.1) is 0 Å². The molecule has 1 unspecified atom stereocenters. The molecule has 0 fully saturated rings. The monoisotopic (exact) mass is 225 g/mol. The molecule has 1 atom stereocenters. The molecule has 1 aromatic rings. The van der Waals surface area contributed by atoms with Crippen LogP contribution in [0.2, 0.25) is 0 Å². The molecule has 0 saturated carbocycles. The van der Waals surface area contributed by atoms with E-state index in [0.29, 0.717) is 6.54 Å². The third kappa shape index (κ3) is 3.91. The molecule has 2 N–H and O–H groups in total. The van der Waals surface area contributed by atoms with Crippen molar-refractivity contribution < 1.29 is 9.50 Å². The molecule has 90 valence electrons. The van der Waals surface area contributed by atoms with Gasteiger partial charge in [0.1, 0.15) is 5.82 Å². The van der Waals surface area contributed by atoms with Crippen LogP contribution in [0.1, 0.15) is 25.8 Å². The van der Waals surface area contributed by atoms with Crippen molar-refractivity contribution >= 4 is 0 Å². The van der Waals surface area contributed by atoms with E-state index in [-0.39, 0.29) is 17.8 Å². The maximum atomic E-state index is 12.7. The summed E-state index contributed by atoms with van der Waals surface area (Å²) in [5.74, 6) is -0.211. The lowest BCUT2D eigenvalue weighted by Crippen LogP contribution is -2.34. The van der Waals surface area contributed by atoms with Crippen LogP contribution in [-0.4, -0.2) is 18.3 Å². The third-order valence-electron chi connectivity index (χ3n) is 3.03. The van der Waals surface area contributed by atoms with Gasteiger partial charge in [-0.3, -0.25) is 0 Å². The minimum absolute atomic E-state index is 0.0694. The van der Waals surface area contributed by atoms with E-state index in [2.05, 4.69) is 12.2 Å². The number of halogens is 1. The van der Waals surface area contributed by atoms with Gasteiger partial charge in [0.25, 0.3) is 0 Å². The normalized spacial score (nSPS) is 14.8. The predicted molar refractivity (Wildman–Crippen MR) is 63.6 cm³/mol. The van der Waals surface area contributed by atoms with E-state index in [4.69, 9.17) is 0 Å². The second-order valence-electron chi connectivity index (χ2n) is 4.55. The van der Waals surface area contributed by atoms with E-state index in [1.54, 1.807) is 12.1 Å². The highest BCUT2D eigenvalue weighted by Gasteiger charge is 2.19. The minimum Gasteiger partial charge on any atom is -0.396 e. The van der Waals surface area contributed by atoms with Crippen molar-refractivity contribution in [1.29, 1.82) is 0 Å². The van der Waals surface area contributed by atoms with Crippen LogP contribution in [0, 0.1) is 11.2 Å². The zero-order valence-corrected chi connectivity index (χ0v) is 9.96. The number of aliphatic hydroxyl groups is 1. The second kappa shape index (κ2) is 5.97. The smallest absolute Gasteiger partial charge is 0.123 e. The Morgan fingerprint density at radius 2 is 1.94 bits per heavy atom. The molecule has 16 heavy (non-hydrogen) atoms. The Labute approximate surface area is 96.5 Å². The Balaban J connectivity index is 2.38. The molecule has 0 amide bonds. The summed E-state index contributed by atoms with van der Waals surface area (Å²) in [6.07, 6.45) is 0.930. The molecule has 0 aliphatic rings. The fourth-order valence-electron chi connectivity index (χ4n) is 1.40. The molecule has 0 aliphatic heterocycles. The topological polar surface area (TPSA) is 32.3 Å². The first-order chi connectivity index (χ1) is 7.59. The molecule has 1 rings (SSSR count). The van der Waals surface area contributed by atoms with Crippen LogP contribution in [0.4, 0.5) is 4.39 Å². The SMILES string of the molecule is CCC(C)(CO)CNCc1ccc(F)cc1. The van der Waals surface area contributed by atoms with Gasteiger partial charge in [-0.2, -0.15) is 0 Å². The second-order valence-corrected chi connectivity index (χ2v) is 4.55. The lowest BCUT2D eigenvalue weighted by molar-refractivity contribution is 0.135. The third-order valence-corrected chi connectivity index (χ3v) is 3.03. The van der Waals surface area contributed by atoms with Crippen LogP contribution in [-0.2, 0) is 6.54 Å². The van der Waals surface area contributed by atoms with Gasteiger partial charge >= 0.3 is 0 Å². The highest BCUT2D eigenvalue weighted by molar-refractivity contribution is 5.15. The van der Waals surface area contributed by atoms with Crippen LogP contribution in [0.5, 0.6) is 0 Å². The summed E-state index contributed by atoms with van der Waals surface area (Å²) in [5, 5.41) is 12.5. The summed E-state index contributed by atoms with van der Waals surface area (Å²) in [5.41, 5.74) is 0.984. The first-order valence-electron chi connectivity index (χ1n) is 5.66. The van der Waals surface area contributed by atoms with E-state index in [0.717, 1.165) is 18.5 Å². The summed E-state index contributed by atoms with van der Waals surface area (Å²) in [7, 11) is 0. The van der Waals surface area contributed by atoms with Gasteiger partial charge in [0.2, 0.25) is 0 Å². The van der Waals surface area contributed by atoms with Gasteiger partial charge in [-0.1, -0.05) is 26.0 Å². The van der Waals surface area contributed by atoms with Gasteiger partial charge in [0.05, 0.1) is 0 Å². The largest absolute Gasteiger partial charge is 0.396 e. The van der Waals surface area contributed by atoms with Gasteiger partial charge in [-0.05, 0) is 24.1 Å². The molecular weight excluding hydrogens is 205 g/mol. The van der Waals surface area contributed by atoms with E-state index in [1.165, 1.54) is 12.1 Å². The predicted octanol–water partition coefficient (Wildman–Crippen LogP) is 2.32. The van der Waals surface area contributed by atoms with Crippen LogP contribution in [0.3, 0.4) is 0 Å². The zero-order chi connectivity index (χ0) is 12.0. The van der Waals surface area contributed by atoms with Crippen LogP contribution in [0.15, 0.2) is 24.3 Å². The average molecular weight is 225 g/mol. The van der Waals surface area contributed by atoms with Crippen LogP contribution >= 0.6 is 0 Å². The minimum atomic E-state index is -0.211. The Morgan fingerprint density at radius 3 is 2.44 bits per heavy atom. The molecular formula is C13H20FNO. The summed E-state index contributed by atoms with van der Waals surface area (Å²) in [4.78, 5) is 0. The molecule has 0 spiro atoms. The molecule has 1 aromatic carbocycles. The Hall–Kier alpha value is -0.930. The van der Waals surface area contributed by atoms with Crippen molar-refractivity contribution in [2.75, 3.05) is 13.2 Å². The van der Waals surface area contributed by atoms with Crippen molar-refractivity contribution in [2.45, 2.75) is 26.8 Å². The molecule has 2 nitrogen and oxygen atoms in total. The van der Waals surface area contributed by atoms with Gasteiger partial charge < -0.3 is 10.4 Å². The Bertz CT molecular complexity index is 306. The molecule has 0 aromatic heterocycles. The molecule has 0 aliphatic carbocycles. The van der Waals surface area contributed by atoms with Crippen LogP contribution < -0.4 is 5.32 Å². The van der Waals surface area contributed by atoms with Crippen LogP contribution in [0.25, 0.3) is 0 Å². The Kier molecular flexibility index (Phi) is 4.90. The number of aliphatic hydroxyl groups excluding tert-OH is 1. The highest BCUT2D eigenvalue weighted by Crippen LogP contribution is 2.18. The first-order valence-corrected chi connectivity index (χ1v) is 5.66. The summed E-state index contributed by atoms with van der Waals surface area (Å²) < 4.78 is 12.7. The van der Waals surface area contributed by atoms with E-state index >= 15 is 0 Å². The maximum absolute atomic E-state index is 12.7. The van der Waals surface area contributed by atoms with E-state index in [9.17, 15) is 9.50 Å². The van der Waals surface area contributed by atoms with Gasteiger partial charge in [0.15, 0.2) is 0 Å². The van der Waals surface area contributed by atoms with E-state index < -0.39 is 0 Å². The summed E-state index contributed by atoms with van der Waals surface area (Å²) in [6.45, 7) is 5.76. The number of benzene rings is 1. The standard InChI is InChI=1S/C13H20FNO/c1-3-13(2,10-16)9-15-8-11-4-6-12(14)7-5-11/h4-7,15-16H,3,8-10H2,1-2H3. The molecule has 0 radical (unpaired) electrons.